The van der Waals surface area contributed by atoms with E-state index in [0.717, 1.165) is 21.5 Å². The van der Waals surface area contributed by atoms with Crippen molar-refractivity contribution < 1.29 is 4.74 Å². The maximum Gasteiger partial charge on any atom is 0.124 e. The fraction of sp³-hybridized carbons (Fsp3) is 0.294. The highest BCUT2D eigenvalue weighted by Crippen LogP contribution is 2.32. The van der Waals surface area contributed by atoms with Crippen LogP contribution in [0.5, 0.6) is 5.75 Å². The molecule has 0 aromatic heterocycles. The van der Waals surface area contributed by atoms with Crippen LogP contribution in [-0.2, 0) is 0 Å². The summed E-state index contributed by atoms with van der Waals surface area (Å²) in [7, 11) is 1.72. The lowest BCUT2D eigenvalue weighted by Gasteiger charge is -2.20. The number of hydrogen-bond donors (Lipinski definition) is 1. The van der Waals surface area contributed by atoms with E-state index in [9.17, 15) is 0 Å². The molecule has 0 radical (unpaired) electrons. The maximum absolute atomic E-state index is 5.49. The molecule has 1 N–H and O–H groups in total. The Labute approximate surface area is 129 Å². The third-order valence-electron chi connectivity index (χ3n) is 3.42. The van der Waals surface area contributed by atoms with Gasteiger partial charge in [0.2, 0.25) is 0 Å². The molecule has 0 fully saturated rings. The van der Waals surface area contributed by atoms with E-state index >= 15 is 0 Å². The Morgan fingerprint density at radius 2 is 1.90 bits per heavy atom. The Morgan fingerprint density at radius 3 is 2.60 bits per heavy atom. The number of anilines is 1. The van der Waals surface area contributed by atoms with Gasteiger partial charge in [0.15, 0.2) is 0 Å². The van der Waals surface area contributed by atoms with E-state index in [4.69, 9.17) is 4.74 Å². The van der Waals surface area contributed by atoms with Gasteiger partial charge in [0.1, 0.15) is 5.75 Å². The third-order valence-corrected chi connectivity index (χ3v) is 4.47. The fourth-order valence-electron chi connectivity index (χ4n) is 2.25. The number of ether oxygens (including phenoxy) is 1. The van der Waals surface area contributed by atoms with E-state index in [-0.39, 0.29) is 6.04 Å². The summed E-state index contributed by atoms with van der Waals surface area (Å²) in [5.41, 5.74) is 4.68. The molecule has 0 bridgehead atoms. The van der Waals surface area contributed by atoms with Crippen LogP contribution in [0.4, 0.5) is 5.69 Å². The number of benzene rings is 2. The summed E-state index contributed by atoms with van der Waals surface area (Å²) in [6.45, 7) is 6.30. The number of methoxy groups -OCH3 is 1. The van der Waals surface area contributed by atoms with E-state index in [1.54, 1.807) is 7.11 Å². The Hall–Kier alpha value is -1.48. The summed E-state index contributed by atoms with van der Waals surface area (Å²) in [5, 5.41) is 3.53. The number of nitrogens with one attached hydrogen (secondary N) is 1. The summed E-state index contributed by atoms with van der Waals surface area (Å²) in [5.74, 6) is 0.925. The van der Waals surface area contributed by atoms with E-state index < -0.39 is 0 Å². The third kappa shape index (κ3) is 3.15. The molecule has 2 aromatic rings. The minimum absolute atomic E-state index is 0.170. The molecule has 0 saturated carbocycles. The summed E-state index contributed by atoms with van der Waals surface area (Å²) < 4.78 is 6.60. The zero-order valence-electron chi connectivity index (χ0n) is 12.3. The first-order valence-corrected chi connectivity index (χ1v) is 7.48. The van der Waals surface area contributed by atoms with Crippen molar-refractivity contribution >= 4 is 21.6 Å². The van der Waals surface area contributed by atoms with Gasteiger partial charge in [0, 0.05) is 15.7 Å². The first kappa shape index (κ1) is 14.9. The molecule has 2 nitrogen and oxygen atoms in total. The predicted molar refractivity (Wildman–Crippen MR) is 88.6 cm³/mol. The molecule has 0 spiro atoms. The molecule has 0 amide bonds. The smallest absolute Gasteiger partial charge is 0.124 e. The van der Waals surface area contributed by atoms with Gasteiger partial charge >= 0.3 is 0 Å². The largest absolute Gasteiger partial charge is 0.496 e. The zero-order valence-corrected chi connectivity index (χ0v) is 13.9. The summed E-state index contributed by atoms with van der Waals surface area (Å²) >= 11 is 3.63. The van der Waals surface area contributed by atoms with Gasteiger partial charge in [-0.15, -0.1) is 0 Å². The highest BCUT2D eigenvalue weighted by Gasteiger charge is 2.13. The van der Waals surface area contributed by atoms with Crippen LogP contribution in [0.25, 0.3) is 0 Å². The number of rotatable bonds is 4. The van der Waals surface area contributed by atoms with E-state index in [1.807, 2.05) is 0 Å². The summed E-state index contributed by atoms with van der Waals surface area (Å²) in [6.07, 6.45) is 0. The lowest BCUT2D eigenvalue weighted by Crippen LogP contribution is -2.09. The normalized spacial score (nSPS) is 12.1. The van der Waals surface area contributed by atoms with Crippen LogP contribution in [0, 0.1) is 13.8 Å². The van der Waals surface area contributed by atoms with Crippen molar-refractivity contribution in [3.05, 3.63) is 57.6 Å². The second kappa shape index (κ2) is 6.31. The molecule has 1 unspecified atom stereocenters. The molecule has 0 saturated heterocycles. The lowest BCUT2D eigenvalue weighted by atomic mass is 10.0. The van der Waals surface area contributed by atoms with Gasteiger partial charge in [-0.2, -0.15) is 0 Å². The topological polar surface area (TPSA) is 21.3 Å². The minimum Gasteiger partial charge on any atom is -0.496 e. The number of aryl methyl sites for hydroxylation is 2. The molecular weight excluding hydrogens is 314 g/mol. The molecule has 1 atom stereocenters. The molecule has 0 aliphatic heterocycles. The quantitative estimate of drug-likeness (QED) is 0.825. The van der Waals surface area contributed by atoms with Crippen LogP contribution in [0.1, 0.15) is 29.7 Å². The van der Waals surface area contributed by atoms with Crippen molar-refractivity contribution in [2.24, 2.45) is 0 Å². The Balaban J connectivity index is 2.28. The van der Waals surface area contributed by atoms with Crippen molar-refractivity contribution in [1.29, 1.82) is 0 Å². The Bertz CT molecular complexity index is 610. The van der Waals surface area contributed by atoms with Gasteiger partial charge < -0.3 is 10.1 Å². The van der Waals surface area contributed by atoms with Gasteiger partial charge in [-0.25, -0.2) is 0 Å². The van der Waals surface area contributed by atoms with Crippen LogP contribution in [0.15, 0.2) is 40.9 Å². The van der Waals surface area contributed by atoms with Gasteiger partial charge in [0.05, 0.1) is 13.2 Å². The van der Waals surface area contributed by atoms with Crippen molar-refractivity contribution in [2.45, 2.75) is 26.8 Å². The second-order valence-electron chi connectivity index (χ2n) is 5.05. The Kier molecular flexibility index (Phi) is 4.71. The maximum atomic E-state index is 5.49. The molecule has 106 valence electrons. The summed E-state index contributed by atoms with van der Waals surface area (Å²) in [6, 6.07) is 12.7. The molecule has 3 heteroatoms. The number of halogens is 1. The molecular formula is C17H20BrNO. The molecule has 0 aliphatic rings. The van der Waals surface area contributed by atoms with Gasteiger partial charge in [-0.05, 0) is 60.0 Å². The second-order valence-corrected chi connectivity index (χ2v) is 5.84. The van der Waals surface area contributed by atoms with Crippen LogP contribution < -0.4 is 10.1 Å². The molecule has 2 rings (SSSR count). The molecule has 2 aromatic carbocycles. The number of hydrogen-bond acceptors (Lipinski definition) is 2. The van der Waals surface area contributed by atoms with Crippen molar-refractivity contribution in [3.8, 4) is 5.75 Å². The SMILES string of the molecule is COc1cc(C)ccc1C(C)Nc1cccc(C)c1Br. The van der Waals surface area contributed by atoms with Crippen LogP contribution in [-0.4, -0.2) is 7.11 Å². The van der Waals surface area contributed by atoms with Gasteiger partial charge in [-0.3, -0.25) is 0 Å². The molecule has 0 aliphatic carbocycles. The van der Waals surface area contributed by atoms with E-state index in [1.165, 1.54) is 11.1 Å². The highest BCUT2D eigenvalue weighted by molar-refractivity contribution is 9.10. The van der Waals surface area contributed by atoms with Gasteiger partial charge in [0.25, 0.3) is 0 Å². The Morgan fingerprint density at radius 1 is 1.15 bits per heavy atom. The first-order chi connectivity index (χ1) is 9.52. The fourth-order valence-corrected chi connectivity index (χ4v) is 2.62. The molecule has 20 heavy (non-hydrogen) atoms. The van der Waals surface area contributed by atoms with E-state index in [0.29, 0.717) is 0 Å². The highest BCUT2D eigenvalue weighted by atomic mass is 79.9. The standard InChI is InChI=1S/C17H20BrNO/c1-11-8-9-14(16(10-11)20-4)13(3)19-15-7-5-6-12(2)17(15)18/h5-10,13,19H,1-4H3. The van der Waals surface area contributed by atoms with Crippen LogP contribution in [0.3, 0.4) is 0 Å². The average Bonchev–Trinajstić information content (AvgIpc) is 2.43. The molecule has 0 heterocycles. The van der Waals surface area contributed by atoms with Crippen molar-refractivity contribution in [1.82, 2.24) is 0 Å². The average molecular weight is 334 g/mol. The summed E-state index contributed by atoms with van der Waals surface area (Å²) in [4.78, 5) is 0. The van der Waals surface area contributed by atoms with Crippen LogP contribution in [0.2, 0.25) is 0 Å². The minimum atomic E-state index is 0.170. The van der Waals surface area contributed by atoms with Crippen molar-refractivity contribution in [2.75, 3.05) is 12.4 Å². The van der Waals surface area contributed by atoms with Gasteiger partial charge in [-0.1, -0.05) is 24.3 Å². The monoisotopic (exact) mass is 333 g/mol. The first-order valence-electron chi connectivity index (χ1n) is 6.69. The van der Waals surface area contributed by atoms with Crippen molar-refractivity contribution in [3.63, 3.8) is 0 Å². The lowest BCUT2D eigenvalue weighted by molar-refractivity contribution is 0.407. The predicted octanol–water partition coefficient (Wildman–Crippen LogP) is 5.25. The zero-order chi connectivity index (χ0) is 14.7. The van der Waals surface area contributed by atoms with E-state index in [2.05, 4.69) is 78.4 Å². The van der Waals surface area contributed by atoms with Crippen LogP contribution >= 0.6 is 15.9 Å².